The number of piperidine rings is 1. The first-order chi connectivity index (χ1) is 14.3. The topological polar surface area (TPSA) is 95.6 Å². The summed E-state index contributed by atoms with van der Waals surface area (Å²) in [4.78, 5) is 26.8. The van der Waals surface area contributed by atoms with Gasteiger partial charge in [0.1, 0.15) is 0 Å². The van der Waals surface area contributed by atoms with Gasteiger partial charge >= 0.3 is 0 Å². The quantitative estimate of drug-likeness (QED) is 0.706. The van der Waals surface area contributed by atoms with Gasteiger partial charge in [-0.25, -0.2) is 13.1 Å². The molecule has 7 nitrogen and oxygen atoms in total. The second-order valence-electron chi connectivity index (χ2n) is 7.17. The van der Waals surface area contributed by atoms with Crippen molar-refractivity contribution in [2.24, 2.45) is 0 Å². The van der Waals surface area contributed by atoms with Crippen LogP contribution in [-0.4, -0.2) is 51.3 Å². The Morgan fingerprint density at radius 3 is 2.40 bits per heavy atom. The number of carbonyl (C=O) groups excluding carboxylic acids is 2. The van der Waals surface area contributed by atoms with Crippen molar-refractivity contribution >= 4 is 33.4 Å². The first-order valence-corrected chi connectivity index (χ1v) is 11.5. The SMILES string of the molecule is CNS(=O)(=O)c1cccc(C(=O)N2CCC(NC(=O)Cc3ccc(Cl)cc3)CC2)c1. The molecule has 0 aromatic heterocycles. The van der Waals surface area contributed by atoms with Gasteiger partial charge in [0.2, 0.25) is 15.9 Å². The molecule has 0 atom stereocenters. The summed E-state index contributed by atoms with van der Waals surface area (Å²) in [5.41, 5.74) is 1.22. The zero-order valence-electron chi connectivity index (χ0n) is 16.6. The van der Waals surface area contributed by atoms with Crippen LogP contribution in [0, 0.1) is 0 Å². The summed E-state index contributed by atoms with van der Waals surface area (Å²) < 4.78 is 26.2. The predicted octanol–water partition coefficient (Wildman–Crippen LogP) is 2.21. The summed E-state index contributed by atoms with van der Waals surface area (Å²) in [6.45, 7) is 0.988. The summed E-state index contributed by atoms with van der Waals surface area (Å²) in [6.07, 6.45) is 1.57. The Bertz CT molecular complexity index is 1020. The number of carbonyl (C=O) groups is 2. The summed E-state index contributed by atoms with van der Waals surface area (Å²) in [5, 5.41) is 3.65. The molecule has 2 amide bonds. The Morgan fingerprint density at radius 2 is 1.77 bits per heavy atom. The van der Waals surface area contributed by atoms with Crippen LogP contribution in [-0.2, 0) is 21.2 Å². The second kappa shape index (κ2) is 9.59. The largest absolute Gasteiger partial charge is 0.353 e. The fourth-order valence-corrected chi connectivity index (χ4v) is 4.29. The van der Waals surface area contributed by atoms with E-state index in [4.69, 9.17) is 11.6 Å². The van der Waals surface area contributed by atoms with E-state index >= 15 is 0 Å². The molecule has 2 aromatic rings. The monoisotopic (exact) mass is 449 g/mol. The third kappa shape index (κ3) is 5.59. The van der Waals surface area contributed by atoms with Crippen molar-refractivity contribution < 1.29 is 18.0 Å². The van der Waals surface area contributed by atoms with Crippen LogP contribution < -0.4 is 10.0 Å². The normalized spacial score (nSPS) is 15.1. The molecule has 0 saturated carbocycles. The summed E-state index contributed by atoms with van der Waals surface area (Å²) in [6, 6.07) is 13.2. The second-order valence-corrected chi connectivity index (χ2v) is 9.50. The molecule has 0 radical (unpaired) electrons. The van der Waals surface area contributed by atoms with Gasteiger partial charge in [0.15, 0.2) is 0 Å². The molecular formula is C21H24ClN3O4S. The molecule has 1 aliphatic rings. The van der Waals surface area contributed by atoms with Gasteiger partial charge in [0.25, 0.3) is 5.91 Å². The summed E-state index contributed by atoms with van der Waals surface area (Å²) >= 11 is 5.86. The Morgan fingerprint density at radius 1 is 1.10 bits per heavy atom. The Balaban J connectivity index is 1.54. The minimum absolute atomic E-state index is 0.00449. The molecule has 2 N–H and O–H groups in total. The summed E-state index contributed by atoms with van der Waals surface area (Å²) in [5.74, 6) is -0.277. The van der Waals surface area contributed by atoms with Crippen LogP contribution in [0.2, 0.25) is 5.02 Å². The lowest BCUT2D eigenvalue weighted by atomic mass is 10.0. The third-order valence-corrected chi connectivity index (χ3v) is 6.75. The molecule has 3 rings (SSSR count). The number of amides is 2. The number of hydrogen-bond acceptors (Lipinski definition) is 4. The highest BCUT2D eigenvalue weighted by molar-refractivity contribution is 7.89. The highest BCUT2D eigenvalue weighted by Gasteiger charge is 2.25. The van der Waals surface area contributed by atoms with Crippen molar-refractivity contribution in [3.8, 4) is 0 Å². The number of sulfonamides is 1. The smallest absolute Gasteiger partial charge is 0.253 e. The molecule has 0 spiro atoms. The van der Waals surface area contributed by atoms with Gasteiger partial charge in [-0.1, -0.05) is 29.8 Å². The van der Waals surface area contributed by atoms with Crippen LogP contribution in [0.1, 0.15) is 28.8 Å². The molecule has 9 heteroatoms. The molecule has 1 aliphatic heterocycles. The lowest BCUT2D eigenvalue weighted by molar-refractivity contribution is -0.121. The van der Waals surface area contributed by atoms with E-state index < -0.39 is 10.0 Å². The highest BCUT2D eigenvalue weighted by atomic mass is 35.5. The van der Waals surface area contributed by atoms with Crippen LogP contribution in [0.3, 0.4) is 0 Å². The maximum atomic E-state index is 12.8. The van der Waals surface area contributed by atoms with E-state index in [9.17, 15) is 18.0 Å². The van der Waals surface area contributed by atoms with Gasteiger partial charge in [-0.2, -0.15) is 0 Å². The Hall–Kier alpha value is -2.42. The van der Waals surface area contributed by atoms with E-state index in [0.717, 1.165) is 5.56 Å². The first-order valence-electron chi connectivity index (χ1n) is 9.65. The van der Waals surface area contributed by atoms with Gasteiger partial charge in [0.05, 0.1) is 11.3 Å². The fourth-order valence-electron chi connectivity index (χ4n) is 3.39. The molecule has 1 saturated heterocycles. The van der Waals surface area contributed by atoms with Crippen LogP contribution in [0.4, 0.5) is 0 Å². The van der Waals surface area contributed by atoms with Crippen LogP contribution in [0.15, 0.2) is 53.4 Å². The van der Waals surface area contributed by atoms with Gasteiger partial charge in [-0.15, -0.1) is 0 Å². The van der Waals surface area contributed by atoms with Crippen LogP contribution >= 0.6 is 11.6 Å². The van der Waals surface area contributed by atoms with Gasteiger partial charge in [-0.3, -0.25) is 9.59 Å². The lowest BCUT2D eigenvalue weighted by Crippen LogP contribution is -2.46. The maximum Gasteiger partial charge on any atom is 0.253 e. The molecule has 1 heterocycles. The fraction of sp³-hybridized carbons (Fsp3) is 0.333. The number of hydrogen-bond donors (Lipinski definition) is 2. The van der Waals surface area contributed by atoms with Crippen molar-refractivity contribution in [3.05, 3.63) is 64.7 Å². The number of rotatable bonds is 6. The number of nitrogens with zero attached hydrogens (tertiary/aromatic N) is 1. The van der Waals surface area contributed by atoms with Crippen molar-refractivity contribution in [2.45, 2.75) is 30.2 Å². The van der Waals surface area contributed by atoms with Crippen molar-refractivity contribution in [2.75, 3.05) is 20.1 Å². The summed E-state index contributed by atoms with van der Waals surface area (Å²) in [7, 11) is -2.28. The molecule has 1 fully saturated rings. The van der Waals surface area contributed by atoms with Gasteiger partial charge < -0.3 is 10.2 Å². The molecule has 0 unspecified atom stereocenters. The highest BCUT2D eigenvalue weighted by Crippen LogP contribution is 2.17. The zero-order chi connectivity index (χ0) is 21.7. The first kappa shape index (κ1) is 22.3. The minimum atomic E-state index is -3.61. The average Bonchev–Trinajstić information content (AvgIpc) is 2.75. The number of benzene rings is 2. The Labute approximate surface area is 181 Å². The van der Waals surface area contributed by atoms with Gasteiger partial charge in [0, 0.05) is 29.7 Å². The van der Waals surface area contributed by atoms with E-state index in [1.807, 2.05) is 12.1 Å². The zero-order valence-corrected chi connectivity index (χ0v) is 18.2. The molecular weight excluding hydrogens is 426 g/mol. The van der Waals surface area contributed by atoms with Gasteiger partial charge in [-0.05, 0) is 55.8 Å². The lowest BCUT2D eigenvalue weighted by Gasteiger charge is -2.32. The average molecular weight is 450 g/mol. The van der Waals surface area contributed by atoms with E-state index in [0.29, 0.717) is 36.5 Å². The predicted molar refractivity (Wildman–Crippen MR) is 115 cm³/mol. The van der Waals surface area contributed by atoms with Crippen molar-refractivity contribution in [1.82, 2.24) is 14.9 Å². The molecule has 30 heavy (non-hydrogen) atoms. The number of likely N-dealkylation sites (tertiary alicyclic amines) is 1. The Kier molecular flexibility index (Phi) is 7.12. The van der Waals surface area contributed by atoms with Crippen LogP contribution in [0.25, 0.3) is 0 Å². The molecule has 0 bridgehead atoms. The maximum absolute atomic E-state index is 12.8. The van der Waals surface area contributed by atoms with Crippen LogP contribution in [0.5, 0.6) is 0 Å². The van der Waals surface area contributed by atoms with E-state index in [1.54, 1.807) is 29.2 Å². The van der Waals surface area contributed by atoms with E-state index in [-0.39, 0.29) is 29.2 Å². The minimum Gasteiger partial charge on any atom is -0.353 e. The van der Waals surface area contributed by atoms with E-state index in [2.05, 4.69) is 10.0 Å². The van der Waals surface area contributed by atoms with Crippen molar-refractivity contribution in [3.63, 3.8) is 0 Å². The molecule has 160 valence electrons. The molecule has 0 aliphatic carbocycles. The number of nitrogens with one attached hydrogen (secondary N) is 2. The van der Waals surface area contributed by atoms with Crippen molar-refractivity contribution in [1.29, 1.82) is 0 Å². The molecule has 2 aromatic carbocycles. The third-order valence-electron chi connectivity index (χ3n) is 5.09. The van der Waals surface area contributed by atoms with E-state index in [1.165, 1.54) is 19.2 Å². The standard InChI is InChI=1S/C21H24ClN3O4S/c1-23-30(28,29)19-4-2-3-16(14-19)21(27)25-11-9-18(10-12-25)24-20(26)13-15-5-7-17(22)8-6-15/h2-8,14,18,23H,9-13H2,1H3,(H,24,26). The number of halogens is 1.